The van der Waals surface area contributed by atoms with Gasteiger partial charge in [0.25, 0.3) is 0 Å². The van der Waals surface area contributed by atoms with Gasteiger partial charge in [0, 0.05) is 62.8 Å². The Morgan fingerprint density at radius 2 is 0.596 bits per heavy atom. The molecule has 5 fully saturated rings. The van der Waals surface area contributed by atoms with Gasteiger partial charge in [0.15, 0.2) is 49.6 Å². The van der Waals surface area contributed by atoms with E-state index in [2.05, 4.69) is 20.9 Å². The molecular weight excluding hydrogens is 1460 g/mol. The second-order valence-electron chi connectivity index (χ2n) is 19.8. The predicted molar refractivity (Wildman–Crippen MR) is 282 cm³/mol. The molecule has 48 nitrogen and oxygen atoms in total. The number of carboxylic acid groups (broad SMARTS) is 2. The molecule has 0 bridgehead atoms. The molecule has 0 radical (unpaired) electrons. The first-order valence-corrected chi connectivity index (χ1v) is 35.2. The summed E-state index contributed by atoms with van der Waals surface area (Å²) in [5.41, 5.74) is 0. The smallest absolute Gasteiger partial charge is 0.397 e. The summed E-state index contributed by atoms with van der Waals surface area (Å²) in [7, 11) is -32.9. The van der Waals surface area contributed by atoms with Gasteiger partial charge < -0.3 is 86.0 Å². The fourth-order valence-corrected chi connectivity index (χ4v) is 13.7. The van der Waals surface area contributed by atoms with Crippen LogP contribution in [0.3, 0.4) is 0 Å². The van der Waals surface area contributed by atoms with Crippen LogP contribution in [-0.2, 0) is 187 Å². The lowest BCUT2D eigenvalue weighted by Gasteiger charge is -2.51. The molecule has 94 heavy (non-hydrogen) atoms. The van der Waals surface area contributed by atoms with Crippen molar-refractivity contribution >= 4 is 84.7 Å². The Bertz CT molecular complexity index is 3340. The molecular formula is C39H66O48S7. The molecule has 0 aromatic rings. The molecule has 0 saturated carbocycles. The number of carboxylic acids is 2. The van der Waals surface area contributed by atoms with Gasteiger partial charge in [-0.3, -0.25) is 31.9 Å². The Hall–Kier alpha value is -2.61. The summed E-state index contributed by atoms with van der Waals surface area (Å²) in [4.78, 5) is 26.7. The molecule has 0 spiro atoms. The van der Waals surface area contributed by atoms with Crippen molar-refractivity contribution in [3.05, 3.63) is 0 Å². The van der Waals surface area contributed by atoms with E-state index in [-0.39, 0.29) is 0 Å². The zero-order chi connectivity index (χ0) is 71.2. The van der Waals surface area contributed by atoms with E-state index in [9.17, 15) is 111 Å². The molecule has 0 amide bonds. The van der Waals surface area contributed by atoms with Gasteiger partial charge in [0.2, 0.25) is 0 Å². The molecule has 5 saturated heterocycles. The van der Waals surface area contributed by atoms with Gasteiger partial charge in [-0.05, 0) is 6.42 Å². The maximum atomic E-state index is 13.3. The molecule has 0 unspecified atom stereocenters. The van der Waals surface area contributed by atoms with Crippen molar-refractivity contribution in [2.24, 2.45) is 5.92 Å². The van der Waals surface area contributed by atoms with Gasteiger partial charge in [0.05, 0.1) is 32.0 Å². The van der Waals surface area contributed by atoms with Crippen molar-refractivity contribution < 1.29 is 216 Å². The maximum absolute atomic E-state index is 13.3. The van der Waals surface area contributed by atoms with Gasteiger partial charge in [-0.2, -0.15) is 58.9 Å². The summed E-state index contributed by atoms with van der Waals surface area (Å²) in [5.74, 6) is -5.72. The Balaban J connectivity index is 1.63. The minimum absolute atomic E-state index is 0.582. The average Bonchev–Trinajstić information content (AvgIpc) is 0.763. The molecule has 5 rings (SSSR count). The molecule has 5 aliphatic heterocycles. The highest BCUT2D eigenvalue weighted by Crippen LogP contribution is 2.43. The molecule has 5 aliphatic rings. The number of hydrogen-bond acceptors (Lipinski definition) is 39. The lowest BCUT2D eigenvalue weighted by atomic mass is 9.81. The third kappa shape index (κ3) is 22.7. The quantitative estimate of drug-likeness (QED) is 0.0266. The number of methoxy groups -OCH3 is 8. The topological polar surface area (TPSA) is 667 Å². The molecule has 55 heteroatoms. The molecule has 552 valence electrons. The largest absolute Gasteiger partial charge is 0.479 e. The molecule has 9 N–H and O–H groups in total. The summed E-state index contributed by atoms with van der Waals surface area (Å²) < 4.78 is 362. The van der Waals surface area contributed by atoms with Crippen molar-refractivity contribution in [1.82, 2.24) is 0 Å². The fraction of sp³-hybridized carbons (Fsp3) is 0.949. The van der Waals surface area contributed by atoms with Crippen molar-refractivity contribution in [2.75, 3.05) is 76.7 Å². The second kappa shape index (κ2) is 33.2. The van der Waals surface area contributed by atoms with Crippen molar-refractivity contribution in [1.29, 1.82) is 0 Å². The fourth-order valence-electron chi connectivity index (χ4n) is 10.8. The van der Waals surface area contributed by atoms with Crippen LogP contribution in [0.4, 0.5) is 0 Å². The van der Waals surface area contributed by atoms with E-state index >= 15 is 0 Å². The Kier molecular flexibility index (Phi) is 29.0. The van der Waals surface area contributed by atoms with Crippen LogP contribution in [0.5, 0.6) is 0 Å². The van der Waals surface area contributed by atoms with Gasteiger partial charge in [0.1, 0.15) is 85.5 Å². The summed E-state index contributed by atoms with van der Waals surface area (Å²) in [5, 5.41) is 21.5. The predicted octanol–water partition coefficient (Wildman–Crippen LogP) is -7.05. The zero-order valence-corrected chi connectivity index (χ0v) is 54.8. The lowest BCUT2D eigenvalue weighted by Crippen LogP contribution is -2.69. The van der Waals surface area contributed by atoms with E-state index in [4.69, 9.17) is 84.2 Å². The highest BCUT2D eigenvalue weighted by Gasteiger charge is 2.62. The first-order valence-electron chi connectivity index (χ1n) is 25.7. The first-order chi connectivity index (χ1) is 43.2. The number of aliphatic carboxylic acids is 2. The molecule has 5 heterocycles. The average molecular weight is 1530 g/mol. The third-order valence-electron chi connectivity index (χ3n) is 14.2. The van der Waals surface area contributed by atoms with E-state index in [1.807, 2.05) is 0 Å². The minimum atomic E-state index is -6.18. The van der Waals surface area contributed by atoms with Crippen LogP contribution in [0.1, 0.15) is 6.42 Å². The maximum Gasteiger partial charge on any atom is 0.397 e. The van der Waals surface area contributed by atoms with Crippen LogP contribution in [0, 0.1) is 5.92 Å². The van der Waals surface area contributed by atoms with E-state index in [1.54, 1.807) is 0 Å². The Morgan fingerprint density at radius 3 is 0.947 bits per heavy atom. The monoisotopic (exact) mass is 1530 g/mol. The highest BCUT2D eigenvalue weighted by molar-refractivity contribution is 7.82. The van der Waals surface area contributed by atoms with E-state index in [0.29, 0.717) is 7.11 Å². The first kappa shape index (κ1) is 82.1. The van der Waals surface area contributed by atoms with Crippen LogP contribution < -0.4 is 0 Å². The van der Waals surface area contributed by atoms with Crippen molar-refractivity contribution in [3.63, 3.8) is 0 Å². The molecule has 0 aromatic heterocycles. The normalized spacial score (nSPS) is 37.6. The van der Waals surface area contributed by atoms with Crippen molar-refractivity contribution in [2.45, 2.75) is 154 Å². The van der Waals surface area contributed by atoms with E-state index in [0.717, 1.165) is 42.7 Å². The molecule has 0 aromatic carbocycles. The Labute approximate surface area is 534 Å². The summed E-state index contributed by atoms with van der Waals surface area (Å²) in [6, 6.07) is 0. The summed E-state index contributed by atoms with van der Waals surface area (Å²) >= 11 is 0. The lowest BCUT2D eigenvalue weighted by molar-refractivity contribution is -0.381. The second-order valence-corrected chi connectivity index (χ2v) is 27.2. The van der Waals surface area contributed by atoms with E-state index < -0.39 is 264 Å². The van der Waals surface area contributed by atoms with Gasteiger partial charge in [-0.15, -0.1) is 0 Å². The highest BCUT2D eigenvalue weighted by atomic mass is 32.3. The molecule has 0 aliphatic carbocycles. The Morgan fingerprint density at radius 1 is 0.298 bits per heavy atom. The third-order valence-corrected chi connectivity index (χ3v) is 17.3. The van der Waals surface area contributed by atoms with Crippen LogP contribution in [0.2, 0.25) is 0 Å². The number of carbonyl (C=O) groups is 2. The van der Waals surface area contributed by atoms with Crippen LogP contribution in [0.15, 0.2) is 0 Å². The van der Waals surface area contributed by atoms with Gasteiger partial charge >= 0.3 is 84.7 Å². The molecule has 25 atom stereocenters. The van der Waals surface area contributed by atoms with Crippen LogP contribution in [-0.4, -0.2) is 337 Å². The minimum Gasteiger partial charge on any atom is -0.479 e. The summed E-state index contributed by atoms with van der Waals surface area (Å²) in [6.45, 7) is -4.22. The number of ether oxygens (including phenoxy) is 16. The number of rotatable bonds is 35. The van der Waals surface area contributed by atoms with Crippen LogP contribution in [0.25, 0.3) is 0 Å². The summed E-state index contributed by atoms with van der Waals surface area (Å²) in [6.07, 6.45) is -55.4. The van der Waals surface area contributed by atoms with Crippen LogP contribution >= 0.6 is 0 Å². The zero-order valence-electron chi connectivity index (χ0n) is 49.1. The van der Waals surface area contributed by atoms with Crippen molar-refractivity contribution in [3.8, 4) is 0 Å². The van der Waals surface area contributed by atoms with Gasteiger partial charge in [-0.25, -0.2) is 38.9 Å². The van der Waals surface area contributed by atoms with E-state index in [1.165, 1.54) is 7.11 Å². The standard InChI is InChI=1S/C39H66O48S7/c1-65-18-13(9-14-20(66-2)24(68-4)21(67-3)15(76-14)10-73-88(44,45)46)19(34(40)41)79-37(30(18)70-6)80-23-17(12-75-90(50,51)52)78-39(33(87-94(62,63)64)28(23)85-92(56,57)58)82-26-25(69-5)31(71-7)38(83-29(26)35(42)43)81-22-16(11-74-89(47,48)49)77-36(72-8)32(86-93(59,60)61)27(22)84-91(53,54)55/h13-33,36-39H,9-12H2,1-8H3,(H,40,41)(H,42,43)(H,44,45,46)(H,47,48,49)(H,50,51,52)(H,53,54,55)(H,56,57,58)(H,59,60,61)(H,62,63,64)/t13-,14+,15-,16-,17-,18-,19+,20+,21+,22+,23+,24+,25-,26+,27-,28-,29+,30-,31+,32-,33-,36-,37-,38+,39+/m0/s1. The SMILES string of the molecule is CO[C@H]1O[C@@H](COS(=O)(=O)O)[C@@H](O[C@@H]2O[C@@H](C(=O)O)[C@H](O[C@H]3O[C@@H](COS(=O)(=O)O)[C@@H](O[C@@H]4O[C@@H](C(=O)O)[C@@H](C[C@H]5O[C@@H](COS(=O)(=O)O)[C@@H](OC)[C@H](OC)[C@@H]5OC)[C@H](OC)[C@@H]4OC)[C@H](OS(=O)(=O)O)[C@@H]3OS(=O)(=O)O)[C@H](OC)[C@H]2OC)[C@H](OS(=O)(=O)O)[C@@H]1OS(=O)(=O)O. The number of hydrogen-bond donors (Lipinski definition) is 9. The van der Waals surface area contributed by atoms with Gasteiger partial charge in [-0.1, -0.05) is 0 Å².